The first-order chi connectivity index (χ1) is 7.51. The lowest BCUT2D eigenvalue weighted by atomic mass is 10.1. The number of methoxy groups -OCH3 is 1. The van der Waals surface area contributed by atoms with Gasteiger partial charge in [-0.15, -0.1) is 0 Å². The average Bonchev–Trinajstić information content (AvgIpc) is 2.24. The average molecular weight is 223 g/mol. The van der Waals surface area contributed by atoms with Gasteiger partial charge in [-0.25, -0.2) is 4.39 Å². The van der Waals surface area contributed by atoms with Crippen LogP contribution < -0.4 is 9.47 Å². The van der Waals surface area contributed by atoms with E-state index in [1.165, 1.54) is 27.0 Å². The molecule has 0 heterocycles. The molecule has 0 unspecified atom stereocenters. The van der Waals surface area contributed by atoms with E-state index in [0.29, 0.717) is 0 Å². The van der Waals surface area contributed by atoms with Gasteiger partial charge >= 0.3 is 5.97 Å². The molecule has 0 fully saturated rings. The van der Waals surface area contributed by atoms with Gasteiger partial charge < -0.3 is 9.47 Å². The zero-order chi connectivity index (χ0) is 12.3. The zero-order valence-electron chi connectivity index (χ0n) is 9.13. The second-order valence-corrected chi connectivity index (χ2v) is 3.10. The Kier molecular flexibility index (Phi) is 3.46. The van der Waals surface area contributed by atoms with E-state index in [2.05, 4.69) is 4.74 Å². The first kappa shape index (κ1) is 12.0. The number of hydrogen-bond acceptors (Lipinski definition) is 4. The molecule has 0 atom stereocenters. The lowest BCUT2D eigenvalue weighted by Crippen LogP contribution is -2.06. The summed E-state index contributed by atoms with van der Waals surface area (Å²) in [7, 11) is 1.35. The van der Waals surface area contributed by atoms with Crippen molar-refractivity contribution in [3.8, 4) is 17.6 Å². The van der Waals surface area contributed by atoms with Crippen LogP contribution >= 0.6 is 0 Å². The van der Waals surface area contributed by atoms with Gasteiger partial charge in [-0.05, 0) is 6.92 Å². The van der Waals surface area contributed by atoms with Crippen LogP contribution in [0.2, 0.25) is 0 Å². The Morgan fingerprint density at radius 2 is 2.12 bits per heavy atom. The quantitative estimate of drug-likeness (QED) is 0.567. The fourth-order valence-electron chi connectivity index (χ4n) is 1.26. The van der Waals surface area contributed by atoms with Crippen LogP contribution in [0.3, 0.4) is 0 Å². The van der Waals surface area contributed by atoms with Crippen molar-refractivity contribution in [3.63, 3.8) is 0 Å². The predicted molar refractivity (Wildman–Crippen MR) is 53.7 cm³/mol. The number of nitrogens with zero attached hydrogens (tertiary/aromatic N) is 1. The highest BCUT2D eigenvalue weighted by Gasteiger charge is 2.17. The van der Waals surface area contributed by atoms with E-state index in [9.17, 15) is 9.18 Å². The van der Waals surface area contributed by atoms with E-state index >= 15 is 0 Å². The highest BCUT2D eigenvalue weighted by molar-refractivity contribution is 5.70. The van der Waals surface area contributed by atoms with Crippen LogP contribution in [0, 0.1) is 24.1 Å². The van der Waals surface area contributed by atoms with Crippen molar-refractivity contribution >= 4 is 5.97 Å². The molecule has 0 radical (unpaired) electrons. The Morgan fingerprint density at radius 3 is 2.56 bits per heavy atom. The number of hydrogen-bond donors (Lipinski definition) is 0. The first-order valence-corrected chi connectivity index (χ1v) is 4.46. The van der Waals surface area contributed by atoms with E-state index in [1.807, 2.05) is 6.07 Å². The van der Waals surface area contributed by atoms with Crippen LogP contribution in [0.4, 0.5) is 4.39 Å². The van der Waals surface area contributed by atoms with Gasteiger partial charge in [0.1, 0.15) is 17.4 Å². The van der Waals surface area contributed by atoms with E-state index in [0.717, 1.165) is 0 Å². The molecule has 0 aliphatic carbocycles. The van der Waals surface area contributed by atoms with Gasteiger partial charge in [0, 0.05) is 18.6 Å². The van der Waals surface area contributed by atoms with E-state index in [4.69, 9.17) is 10.00 Å². The highest BCUT2D eigenvalue weighted by Crippen LogP contribution is 2.31. The van der Waals surface area contributed by atoms with Crippen LogP contribution in [0.25, 0.3) is 0 Å². The SMILES string of the molecule is COc1cc(OC(C)=O)c(F)c(C)c1C#N. The van der Waals surface area contributed by atoms with Gasteiger partial charge in [0.2, 0.25) is 0 Å². The smallest absolute Gasteiger partial charge is 0.308 e. The monoisotopic (exact) mass is 223 g/mol. The summed E-state index contributed by atoms with van der Waals surface area (Å²) in [6, 6.07) is 3.01. The molecule has 0 N–H and O–H groups in total. The van der Waals surface area contributed by atoms with E-state index in [1.54, 1.807) is 0 Å². The van der Waals surface area contributed by atoms with E-state index in [-0.39, 0.29) is 22.6 Å². The molecule has 1 aromatic rings. The third-order valence-electron chi connectivity index (χ3n) is 2.01. The summed E-state index contributed by atoms with van der Waals surface area (Å²) in [5.41, 5.74) is 0.189. The third-order valence-corrected chi connectivity index (χ3v) is 2.01. The summed E-state index contributed by atoms with van der Waals surface area (Å²) in [6.07, 6.45) is 0. The number of carbonyl (C=O) groups is 1. The maximum atomic E-state index is 13.6. The topological polar surface area (TPSA) is 59.3 Å². The molecule has 4 nitrogen and oxygen atoms in total. The molecule has 0 saturated carbocycles. The maximum Gasteiger partial charge on any atom is 0.308 e. The molecule has 5 heteroatoms. The van der Waals surface area contributed by atoms with Crippen molar-refractivity contribution in [1.29, 1.82) is 5.26 Å². The Bertz CT molecular complexity index is 477. The molecule has 1 aromatic carbocycles. The van der Waals surface area contributed by atoms with Crippen molar-refractivity contribution in [1.82, 2.24) is 0 Å². The Labute approximate surface area is 92.2 Å². The van der Waals surface area contributed by atoms with Crippen molar-refractivity contribution in [3.05, 3.63) is 23.0 Å². The van der Waals surface area contributed by atoms with Crippen molar-refractivity contribution in [2.45, 2.75) is 13.8 Å². The molecule has 0 aromatic heterocycles. The molecule has 1 rings (SSSR count). The Balaban J connectivity index is 3.39. The lowest BCUT2D eigenvalue weighted by molar-refractivity contribution is -0.132. The standard InChI is InChI=1S/C11H10FNO3/c1-6-8(5-13)9(15-3)4-10(11(6)12)16-7(2)14/h4H,1-3H3. The molecule has 84 valence electrons. The Hall–Kier alpha value is -2.09. The summed E-state index contributed by atoms with van der Waals surface area (Å²) in [5, 5.41) is 8.82. The number of halogens is 1. The summed E-state index contributed by atoms with van der Waals surface area (Å²) in [6.45, 7) is 2.59. The minimum atomic E-state index is -0.729. The third kappa shape index (κ3) is 2.11. The maximum absolute atomic E-state index is 13.6. The normalized spacial score (nSPS) is 9.44. The minimum Gasteiger partial charge on any atom is -0.495 e. The molecule has 0 amide bonds. The van der Waals surface area contributed by atoms with Crippen LogP contribution in [-0.4, -0.2) is 13.1 Å². The first-order valence-electron chi connectivity index (χ1n) is 4.46. The second-order valence-electron chi connectivity index (χ2n) is 3.10. The number of ether oxygens (including phenoxy) is 2. The molecule has 0 aliphatic rings. The van der Waals surface area contributed by atoms with Gasteiger partial charge in [0.25, 0.3) is 0 Å². The summed E-state index contributed by atoms with van der Waals surface area (Å²) < 4.78 is 23.2. The van der Waals surface area contributed by atoms with Gasteiger partial charge in [0.15, 0.2) is 11.6 Å². The summed E-state index contributed by atoms with van der Waals surface area (Å²) in [5.74, 6) is -1.42. The van der Waals surface area contributed by atoms with E-state index < -0.39 is 11.8 Å². The number of esters is 1. The number of nitriles is 1. The molecular weight excluding hydrogens is 213 g/mol. The van der Waals surface area contributed by atoms with Crippen molar-refractivity contribution in [2.75, 3.05) is 7.11 Å². The molecule has 0 spiro atoms. The fraction of sp³-hybridized carbons (Fsp3) is 0.273. The molecule has 16 heavy (non-hydrogen) atoms. The van der Waals surface area contributed by atoms with Gasteiger partial charge in [-0.1, -0.05) is 0 Å². The largest absolute Gasteiger partial charge is 0.495 e. The molecule has 0 bridgehead atoms. The van der Waals surface area contributed by atoms with Crippen molar-refractivity contribution < 1.29 is 18.7 Å². The van der Waals surface area contributed by atoms with Gasteiger partial charge in [-0.2, -0.15) is 5.26 Å². The van der Waals surface area contributed by atoms with Crippen LogP contribution in [0.15, 0.2) is 6.07 Å². The van der Waals surface area contributed by atoms with Crippen molar-refractivity contribution in [2.24, 2.45) is 0 Å². The predicted octanol–water partition coefficient (Wildman–Crippen LogP) is 1.94. The van der Waals surface area contributed by atoms with Crippen LogP contribution in [0.1, 0.15) is 18.1 Å². The lowest BCUT2D eigenvalue weighted by Gasteiger charge is -2.10. The fourth-order valence-corrected chi connectivity index (χ4v) is 1.26. The summed E-state index contributed by atoms with van der Waals surface area (Å²) >= 11 is 0. The molecule has 0 aliphatic heterocycles. The van der Waals surface area contributed by atoms with Gasteiger partial charge in [0.05, 0.1) is 7.11 Å². The highest BCUT2D eigenvalue weighted by atomic mass is 19.1. The number of rotatable bonds is 2. The molecule has 0 saturated heterocycles. The van der Waals surface area contributed by atoms with Crippen LogP contribution in [0.5, 0.6) is 11.5 Å². The van der Waals surface area contributed by atoms with Crippen LogP contribution in [-0.2, 0) is 4.79 Å². The number of carbonyl (C=O) groups excluding carboxylic acids is 1. The zero-order valence-corrected chi connectivity index (χ0v) is 9.13. The summed E-state index contributed by atoms with van der Waals surface area (Å²) in [4.78, 5) is 10.7. The minimum absolute atomic E-state index is 0.0934. The van der Waals surface area contributed by atoms with Gasteiger partial charge in [-0.3, -0.25) is 4.79 Å². The Morgan fingerprint density at radius 1 is 1.50 bits per heavy atom. The number of benzene rings is 1. The second kappa shape index (κ2) is 4.62. The molecular formula is C11H10FNO3.